The van der Waals surface area contributed by atoms with Crippen molar-refractivity contribution in [1.29, 1.82) is 0 Å². The predicted octanol–water partition coefficient (Wildman–Crippen LogP) is 6.48. The van der Waals surface area contributed by atoms with Crippen LogP contribution in [0.25, 0.3) is 0 Å². The number of halogens is 4. The van der Waals surface area contributed by atoms with E-state index in [9.17, 15) is 38.2 Å². The first-order chi connectivity index (χ1) is 34.8. The minimum absolute atomic E-state index is 0.0395. The van der Waals surface area contributed by atoms with Gasteiger partial charge in [-0.3, -0.25) is 48.5 Å². The maximum absolute atomic E-state index is 15.1. The standard InChI is InChI=1S/2C26H22F2N4O4/c2*27-17-7-6-16-21(18-5-1-2-12-29-18)32-15-30(25(35)22-23(34)19(33)8-13-31(22)32)26(9-3-10-26)11-4-14-36-24(16)20(17)28/h2*1-2,4-8,11-13,21,34H,3,9-10,14-15H2/b2*11-4+/t2*21-/m10/s1. The van der Waals surface area contributed by atoms with Crippen LogP contribution in [-0.2, 0) is 0 Å². The molecule has 368 valence electrons. The summed E-state index contributed by atoms with van der Waals surface area (Å²) in [6.07, 6.45) is 17.5. The molecule has 4 aromatic heterocycles. The van der Waals surface area contributed by atoms with Crippen LogP contribution >= 0.6 is 0 Å². The lowest BCUT2D eigenvalue weighted by molar-refractivity contribution is 0.0248. The number of ether oxygens (including phenoxy) is 2. The van der Waals surface area contributed by atoms with E-state index in [-0.39, 0.29) is 60.6 Å². The van der Waals surface area contributed by atoms with Crippen LogP contribution in [0.2, 0.25) is 0 Å². The molecule has 8 heterocycles. The molecule has 0 radical (unpaired) electrons. The van der Waals surface area contributed by atoms with E-state index >= 15 is 8.78 Å². The lowest BCUT2D eigenvalue weighted by Gasteiger charge is -2.53. The Morgan fingerprint density at radius 1 is 0.556 bits per heavy atom. The Morgan fingerprint density at radius 2 is 0.972 bits per heavy atom. The van der Waals surface area contributed by atoms with Gasteiger partial charge in [-0.25, -0.2) is 8.78 Å². The monoisotopic (exact) mass is 984 g/mol. The van der Waals surface area contributed by atoms with Crippen molar-refractivity contribution in [3.8, 4) is 23.0 Å². The van der Waals surface area contributed by atoms with Gasteiger partial charge in [0.2, 0.25) is 22.5 Å². The van der Waals surface area contributed by atoms with E-state index in [1.165, 1.54) is 33.9 Å². The molecule has 2 saturated carbocycles. The Kier molecular flexibility index (Phi) is 11.3. The van der Waals surface area contributed by atoms with E-state index in [4.69, 9.17) is 9.47 Å². The molecule has 2 N–H and O–H groups in total. The van der Waals surface area contributed by atoms with E-state index in [2.05, 4.69) is 9.97 Å². The molecular formula is C52H44F4N8O8. The second-order valence-corrected chi connectivity index (χ2v) is 18.3. The molecule has 72 heavy (non-hydrogen) atoms. The number of benzene rings is 2. The molecule has 2 aromatic carbocycles. The van der Waals surface area contributed by atoms with Crippen LogP contribution in [0.5, 0.6) is 23.0 Å². The Hall–Kier alpha value is -8.42. The number of carbonyl (C=O) groups is 2. The van der Waals surface area contributed by atoms with Gasteiger partial charge < -0.3 is 29.5 Å². The summed E-state index contributed by atoms with van der Waals surface area (Å²) in [4.78, 5) is 64.4. The Morgan fingerprint density at radius 3 is 1.33 bits per heavy atom. The van der Waals surface area contributed by atoms with Crippen LogP contribution in [0, 0.1) is 23.3 Å². The van der Waals surface area contributed by atoms with Gasteiger partial charge in [0, 0.05) is 48.0 Å². The minimum Gasteiger partial charge on any atom is -0.502 e. The van der Waals surface area contributed by atoms with Gasteiger partial charge in [-0.05, 0) is 99.2 Å². The van der Waals surface area contributed by atoms with E-state index in [0.717, 1.165) is 37.1 Å². The number of hydrogen-bond acceptors (Lipinski definition) is 12. The molecule has 12 rings (SSSR count). The Balaban J connectivity index is 0.000000156. The fraction of sp³-hybridized carbons (Fsp3) is 0.269. The molecule has 4 aliphatic heterocycles. The molecule has 6 aromatic rings. The Labute approximate surface area is 407 Å². The normalized spacial score (nSPS) is 21.1. The van der Waals surface area contributed by atoms with Crippen molar-refractivity contribution < 1.29 is 46.8 Å². The zero-order valence-electron chi connectivity index (χ0n) is 38.2. The van der Waals surface area contributed by atoms with Crippen molar-refractivity contribution in [3.63, 3.8) is 0 Å². The molecule has 2 amide bonds. The summed E-state index contributed by atoms with van der Waals surface area (Å²) in [6.45, 7) is 0.000599. The second-order valence-electron chi connectivity index (χ2n) is 18.3. The summed E-state index contributed by atoms with van der Waals surface area (Å²) in [5.41, 5.74) is -1.60. The molecule has 20 heteroatoms. The predicted molar refractivity (Wildman–Crippen MR) is 251 cm³/mol. The van der Waals surface area contributed by atoms with Crippen LogP contribution in [0.3, 0.4) is 0 Å². The summed E-state index contributed by atoms with van der Waals surface area (Å²) in [5.74, 6) is -7.24. The topological polar surface area (TPSA) is 176 Å². The maximum Gasteiger partial charge on any atom is 0.278 e. The lowest BCUT2D eigenvalue weighted by Crippen LogP contribution is -2.64. The van der Waals surface area contributed by atoms with Gasteiger partial charge in [-0.2, -0.15) is 8.78 Å². The molecule has 2 aliphatic carbocycles. The van der Waals surface area contributed by atoms with Crippen LogP contribution < -0.4 is 30.3 Å². The van der Waals surface area contributed by atoms with Gasteiger partial charge in [0.1, 0.15) is 38.6 Å². The van der Waals surface area contributed by atoms with Crippen LogP contribution in [-0.4, -0.2) is 88.8 Å². The number of hydrogen-bond donors (Lipinski definition) is 2. The van der Waals surface area contributed by atoms with Gasteiger partial charge in [0.05, 0.1) is 22.5 Å². The third-order valence-electron chi connectivity index (χ3n) is 14.4. The van der Waals surface area contributed by atoms with Crippen molar-refractivity contribution in [3.05, 3.63) is 200 Å². The summed E-state index contributed by atoms with van der Waals surface area (Å²) in [6, 6.07) is 15.9. The number of aromatic hydroxyl groups is 2. The summed E-state index contributed by atoms with van der Waals surface area (Å²) in [7, 11) is 0. The average Bonchev–Trinajstić information content (AvgIpc) is 3.40. The number of aromatic nitrogens is 4. The molecule has 16 nitrogen and oxygen atoms in total. The number of carbonyl (C=O) groups excluding carboxylic acids is 2. The summed E-state index contributed by atoms with van der Waals surface area (Å²) >= 11 is 0. The summed E-state index contributed by atoms with van der Waals surface area (Å²) in [5, 5.41) is 24.9. The highest BCUT2D eigenvalue weighted by atomic mass is 19.2. The molecule has 6 aliphatic rings. The smallest absolute Gasteiger partial charge is 0.278 e. The molecule has 2 fully saturated rings. The van der Waals surface area contributed by atoms with E-state index < -0.39 is 80.6 Å². The number of nitrogens with zero attached hydrogens (tertiary/aromatic N) is 8. The highest BCUT2D eigenvalue weighted by molar-refractivity contribution is 5.97. The number of pyridine rings is 4. The fourth-order valence-corrected chi connectivity index (χ4v) is 10.5. The van der Waals surface area contributed by atoms with Crippen molar-refractivity contribution in [2.75, 3.05) is 36.6 Å². The quantitative estimate of drug-likeness (QED) is 0.143. The first-order valence-electron chi connectivity index (χ1n) is 23.3. The first kappa shape index (κ1) is 46.0. The highest BCUT2D eigenvalue weighted by Crippen LogP contribution is 2.47. The molecule has 2 spiro atoms. The largest absolute Gasteiger partial charge is 0.502 e. The van der Waals surface area contributed by atoms with Crippen molar-refractivity contribution in [2.24, 2.45) is 0 Å². The third-order valence-corrected chi connectivity index (χ3v) is 14.4. The van der Waals surface area contributed by atoms with Gasteiger partial charge >= 0.3 is 0 Å². The van der Waals surface area contributed by atoms with Gasteiger partial charge in [0.25, 0.3) is 11.8 Å². The molecule has 0 saturated heterocycles. The van der Waals surface area contributed by atoms with E-state index in [1.807, 2.05) is 12.2 Å². The highest BCUT2D eigenvalue weighted by Gasteiger charge is 2.51. The van der Waals surface area contributed by atoms with Crippen molar-refractivity contribution in [1.82, 2.24) is 29.1 Å². The van der Waals surface area contributed by atoms with Gasteiger partial charge in [-0.15, -0.1) is 0 Å². The second kappa shape index (κ2) is 17.8. The molecule has 4 bridgehead atoms. The van der Waals surface area contributed by atoms with E-state index in [1.54, 1.807) is 80.8 Å². The maximum atomic E-state index is 15.1. The zero-order chi connectivity index (χ0) is 50.1. The summed E-state index contributed by atoms with van der Waals surface area (Å²) < 4.78 is 73.3. The van der Waals surface area contributed by atoms with Crippen LogP contribution in [0.1, 0.15) is 94.1 Å². The molecule has 0 unspecified atom stereocenters. The molecular weight excluding hydrogens is 941 g/mol. The molecule has 2 atom stereocenters. The van der Waals surface area contributed by atoms with Crippen molar-refractivity contribution in [2.45, 2.75) is 61.7 Å². The van der Waals surface area contributed by atoms with E-state index in [0.29, 0.717) is 37.1 Å². The minimum atomic E-state index is -1.13. The first-order valence-corrected chi connectivity index (χ1v) is 23.3. The Bertz CT molecular complexity index is 3130. The van der Waals surface area contributed by atoms with Crippen LogP contribution in [0.4, 0.5) is 17.6 Å². The van der Waals surface area contributed by atoms with Crippen molar-refractivity contribution >= 4 is 11.8 Å². The van der Waals surface area contributed by atoms with Gasteiger partial charge in [0.15, 0.2) is 46.0 Å². The SMILES string of the molecule is O=C1c2c(O)c(=O)ccn2N2CN1C1(/C=C/COc3c(ccc(F)c3F)[C@@H]2c2ccccn2)CCC1.O=C1c2c(O)c(=O)ccn2N2CN1C1(/C=C/COc3c(ccc(F)c3F)[C@H]2c2ccccn2)CCC1. The third kappa shape index (κ3) is 7.33. The van der Waals surface area contributed by atoms with Gasteiger partial charge in [-0.1, -0.05) is 24.3 Å². The van der Waals surface area contributed by atoms with Crippen LogP contribution in [0.15, 0.2) is 131 Å². The average molecular weight is 985 g/mol. The zero-order valence-corrected chi connectivity index (χ0v) is 38.2. The lowest BCUT2D eigenvalue weighted by atomic mass is 9.74. The number of rotatable bonds is 2. The number of fused-ring (bicyclic) bond motifs is 12. The number of amides is 2. The fourth-order valence-electron chi connectivity index (χ4n) is 10.5.